The fraction of sp³-hybridized carbons (Fsp3) is 0.600. The molecule has 1 heterocycles. The molecule has 84 valence electrons. The molecule has 0 amide bonds. The topological polar surface area (TPSA) is 67.2 Å². The van der Waals surface area contributed by atoms with Gasteiger partial charge in [0.15, 0.2) is 0 Å². The highest BCUT2D eigenvalue weighted by atomic mass is 16.4. The van der Waals surface area contributed by atoms with Crippen LogP contribution in [0.15, 0.2) is 12.5 Å². The standard InChI is InChI=1S/C10H17N3O2/c1-4-12-9(10(14)15)8-5-11-6-13(8)7(2)3/h5-7,9,12H,4H2,1-3H3,(H,14,15). The predicted octanol–water partition coefficient (Wildman–Crippen LogP) is 1.20. The minimum atomic E-state index is -0.876. The molecule has 0 aliphatic rings. The van der Waals surface area contributed by atoms with Gasteiger partial charge in [0.05, 0.1) is 18.2 Å². The second-order valence-corrected chi connectivity index (χ2v) is 3.65. The molecule has 1 aromatic rings. The van der Waals surface area contributed by atoms with Crippen LogP contribution in [-0.4, -0.2) is 27.2 Å². The molecule has 1 unspecified atom stereocenters. The van der Waals surface area contributed by atoms with Crippen molar-refractivity contribution in [1.82, 2.24) is 14.9 Å². The summed E-state index contributed by atoms with van der Waals surface area (Å²) in [5.41, 5.74) is 0.694. The van der Waals surface area contributed by atoms with Gasteiger partial charge in [-0.15, -0.1) is 0 Å². The van der Waals surface area contributed by atoms with Crippen molar-refractivity contribution in [2.75, 3.05) is 6.54 Å². The zero-order valence-corrected chi connectivity index (χ0v) is 9.27. The average molecular weight is 211 g/mol. The Balaban J connectivity index is 3.00. The van der Waals surface area contributed by atoms with E-state index in [2.05, 4.69) is 10.3 Å². The van der Waals surface area contributed by atoms with Crippen LogP contribution in [0.2, 0.25) is 0 Å². The Bertz CT molecular complexity index is 333. The van der Waals surface area contributed by atoms with E-state index in [-0.39, 0.29) is 6.04 Å². The first-order valence-corrected chi connectivity index (χ1v) is 5.05. The average Bonchev–Trinajstić information content (AvgIpc) is 2.61. The van der Waals surface area contributed by atoms with Gasteiger partial charge in [-0.1, -0.05) is 6.92 Å². The van der Waals surface area contributed by atoms with Crippen LogP contribution in [-0.2, 0) is 4.79 Å². The molecule has 15 heavy (non-hydrogen) atoms. The Labute approximate surface area is 89.1 Å². The number of likely N-dealkylation sites (N-methyl/N-ethyl adjacent to an activating group) is 1. The number of carboxylic acid groups (broad SMARTS) is 1. The molecular weight excluding hydrogens is 194 g/mol. The third-order valence-corrected chi connectivity index (χ3v) is 2.20. The van der Waals surface area contributed by atoms with Crippen LogP contribution >= 0.6 is 0 Å². The number of hydrogen-bond acceptors (Lipinski definition) is 3. The van der Waals surface area contributed by atoms with E-state index in [1.165, 1.54) is 0 Å². The molecule has 0 spiro atoms. The van der Waals surface area contributed by atoms with Gasteiger partial charge in [0, 0.05) is 6.04 Å². The lowest BCUT2D eigenvalue weighted by Crippen LogP contribution is -2.30. The molecule has 0 saturated heterocycles. The predicted molar refractivity (Wildman–Crippen MR) is 56.7 cm³/mol. The molecule has 0 aromatic carbocycles. The van der Waals surface area contributed by atoms with Crippen LogP contribution in [0.3, 0.4) is 0 Å². The van der Waals surface area contributed by atoms with E-state index in [0.29, 0.717) is 12.2 Å². The summed E-state index contributed by atoms with van der Waals surface area (Å²) >= 11 is 0. The summed E-state index contributed by atoms with van der Waals surface area (Å²) in [6, 6.07) is -0.470. The van der Waals surface area contributed by atoms with Gasteiger partial charge in [0.25, 0.3) is 0 Å². The number of carboxylic acids is 1. The molecule has 2 N–H and O–H groups in total. The molecule has 0 fully saturated rings. The van der Waals surface area contributed by atoms with Gasteiger partial charge in [0.2, 0.25) is 0 Å². The van der Waals surface area contributed by atoms with Crippen molar-refractivity contribution in [3.8, 4) is 0 Å². The van der Waals surface area contributed by atoms with E-state index < -0.39 is 12.0 Å². The highest BCUT2D eigenvalue weighted by Gasteiger charge is 2.22. The van der Waals surface area contributed by atoms with Gasteiger partial charge < -0.3 is 9.67 Å². The summed E-state index contributed by atoms with van der Waals surface area (Å²) < 4.78 is 1.86. The van der Waals surface area contributed by atoms with E-state index in [1.54, 1.807) is 12.5 Å². The quantitative estimate of drug-likeness (QED) is 0.768. The van der Waals surface area contributed by atoms with Crippen LogP contribution in [0, 0.1) is 0 Å². The summed E-state index contributed by atoms with van der Waals surface area (Å²) in [5, 5.41) is 12.0. The van der Waals surface area contributed by atoms with Gasteiger partial charge in [-0.25, -0.2) is 4.98 Å². The Morgan fingerprint density at radius 1 is 1.67 bits per heavy atom. The van der Waals surface area contributed by atoms with Gasteiger partial charge in [-0.05, 0) is 20.4 Å². The Kier molecular flexibility index (Phi) is 3.85. The maximum atomic E-state index is 11.1. The lowest BCUT2D eigenvalue weighted by atomic mass is 10.2. The van der Waals surface area contributed by atoms with Gasteiger partial charge in [0.1, 0.15) is 6.04 Å². The molecular formula is C10H17N3O2. The number of nitrogens with zero attached hydrogens (tertiary/aromatic N) is 2. The minimum absolute atomic E-state index is 0.211. The molecule has 0 aliphatic carbocycles. The zero-order valence-electron chi connectivity index (χ0n) is 9.27. The number of nitrogens with one attached hydrogen (secondary N) is 1. The normalized spacial score (nSPS) is 13.1. The van der Waals surface area contributed by atoms with E-state index in [4.69, 9.17) is 5.11 Å². The zero-order chi connectivity index (χ0) is 11.4. The molecule has 5 nitrogen and oxygen atoms in total. The fourth-order valence-electron chi connectivity index (χ4n) is 1.49. The third kappa shape index (κ3) is 2.56. The Morgan fingerprint density at radius 2 is 2.33 bits per heavy atom. The smallest absolute Gasteiger partial charge is 0.326 e. The first-order valence-electron chi connectivity index (χ1n) is 5.05. The maximum absolute atomic E-state index is 11.1. The van der Waals surface area contributed by atoms with Crippen LogP contribution in [0.25, 0.3) is 0 Å². The summed E-state index contributed by atoms with van der Waals surface area (Å²) in [6.07, 6.45) is 3.26. The van der Waals surface area contributed by atoms with Crippen molar-refractivity contribution in [2.24, 2.45) is 0 Å². The van der Waals surface area contributed by atoms with Crippen molar-refractivity contribution in [1.29, 1.82) is 0 Å². The maximum Gasteiger partial charge on any atom is 0.326 e. The van der Waals surface area contributed by atoms with E-state index in [0.717, 1.165) is 0 Å². The van der Waals surface area contributed by atoms with Gasteiger partial charge in [-0.2, -0.15) is 0 Å². The van der Waals surface area contributed by atoms with Gasteiger partial charge in [-0.3, -0.25) is 10.1 Å². The molecule has 0 aliphatic heterocycles. The molecule has 1 rings (SSSR count). The van der Waals surface area contributed by atoms with E-state index in [1.807, 2.05) is 25.3 Å². The van der Waals surface area contributed by atoms with Crippen molar-refractivity contribution in [2.45, 2.75) is 32.9 Å². The lowest BCUT2D eigenvalue weighted by molar-refractivity contribution is -0.139. The van der Waals surface area contributed by atoms with Crippen LogP contribution in [0.5, 0.6) is 0 Å². The van der Waals surface area contributed by atoms with Gasteiger partial charge >= 0.3 is 5.97 Å². The first kappa shape index (κ1) is 11.7. The Morgan fingerprint density at radius 3 is 2.80 bits per heavy atom. The van der Waals surface area contributed by atoms with Crippen LogP contribution in [0.1, 0.15) is 38.5 Å². The fourth-order valence-corrected chi connectivity index (χ4v) is 1.49. The van der Waals surface area contributed by atoms with Crippen molar-refractivity contribution in [3.63, 3.8) is 0 Å². The summed E-state index contributed by atoms with van der Waals surface area (Å²) in [4.78, 5) is 15.0. The van der Waals surface area contributed by atoms with E-state index >= 15 is 0 Å². The summed E-state index contributed by atoms with van der Waals surface area (Å²) in [7, 11) is 0. The van der Waals surface area contributed by atoms with Crippen LogP contribution < -0.4 is 5.32 Å². The Hall–Kier alpha value is -1.36. The van der Waals surface area contributed by atoms with Crippen molar-refractivity contribution in [3.05, 3.63) is 18.2 Å². The van der Waals surface area contributed by atoms with Crippen molar-refractivity contribution >= 4 is 5.97 Å². The third-order valence-electron chi connectivity index (χ3n) is 2.20. The second-order valence-electron chi connectivity index (χ2n) is 3.65. The van der Waals surface area contributed by atoms with E-state index in [9.17, 15) is 4.79 Å². The molecule has 1 aromatic heterocycles. The summed E-state index contributed by atoms with van der Waals surface area (Å²) in [6.45, 7) is 6.48. The monoisotopic (exact) mass is 211 g/mol. The second kappa shape index (κ2) is 4.93. The number of carbonyl (C=O) groups is 1. The highest BCUT2D eigenvalue weighted by Crippen LogP contribution is 2.17. The molecule has 0 radical (unpaired) electrons. The van der Waals surface area contributed by atoms with Crippen molar-refractivity contribution < 1.29 is 9.90 Å². The SMILES string of the molecule is CCNC(C(=O)O)c1cncn1C(C)C. The summed E-state index contributed by atoms with van der Waals surface area (Å²) in [5.74, 6) is -0.876. The highest BCUT2D eigenvalue weighted by molar-refractivity contribution is 5.74. The first-order chi connectivity index (χ1) is 7.07. The largest absolute Gasteiger partial charge is 0.480 e. The minimum Gasteiger partial charge on any atom is -0.480 e. The number of aromatic nitrogens is 2. The number of rotatable bonds is 5. The lowest BCUT2D eigenvalue weighted by Gasteiger charge is -2.17. The molecule has 0 bridgehead atoms. The molecule has 5 heteroatoms. The molecule has 0 saturated carbocycles. The van der Waals surface area contributed by atoms with Crippen LogP contribution in [0.4, 0.5) is 0 Å². The molecule has 1 atom stereocenters. The number of aliphatic carboxylic acids is 1. The number of imidazole rings is 1. The number of hydrogen-bond donors (Lipinski definition) is 2.